The van der Waals surface area contributed by atoms with Crippen molar-refractivity contribution in [1.82, 2.24) is 4.98 Å². The lowest BCUT2D eigenvalue weighted by atomic mass is 10.0. The molecular formula is C14H12ClNO2. The van der Waals surface area contributed by atoms with Crippen molar-refractivity contribution in [2.75, 3.05) is 7.11 Å². The normalized spacial score (nSPS) is 10.1. The van der Waals surface area contributed by atoms with Crippen LogP contribution in [0.1, 0.15) is 15.9 Å². The molecule has 0 unspecified atom stereocenters. The van der Waals surface area contributed by atoms with E-state index in [0.717, 1.165) is 11.1 Å². The lowest BCUT2D eigenvalue weighted by molar-refractivity contribution is 0.0601. The number of benzene rings is 1. The van der Waals surface area contributed by atoms with Crippen molar-refractivity contribution < 1.29 is 9.53 Å². The molecule has 2 rings (SSSR count). The molecule has 2 aromatic rings. The molecule has 3 nitrogen and oxygen atoms in total. The van der Waals surface area contributed by atoms with Crippen molar-refractivity contribution in [2.45, 2.75) is 5.88 Å². The van der Waals surface area contributed by atoms with Crippen LogP contribution in [-0.4, -0.2) is 18.1 Å². The van der Waals surface area contributed by atoms with Gasteiger partial charge in [-0.1, -0.05) is 24.3 Å². The van der Waals surface area contributed by atoms with E-state index in [1.54, 1.807) is 18.3 Å². The van der Waals surface area contributed by atoms with Crippen LogP contribution in [0.3, 0.4) is 0 Å². The van der Waals surface area contributed by atoms with Gasteiger partial charge in [0.25, 0.3) is 0 Å². The molecule has 0 radical (unpaired) electrons. The quantitative estimate of drug-likeness (QED) is 0.629. The number of pyridine rings is 1. The van der Waals surface area contributed by atoms with Crippen LogP contribution < -0.4 is 0 Å². The van der Waals surface area contributed by atoms with Crippen LogP contribution in [0.2, 0.25) is 0 Å². The second-order valence-electron chi connectivity index (χ2n) is 3.68. The molecule has 1 aromatic carbocycles. The molecule has 0 aliphatic carbocycles. The first-order valence-electron chi connectivity index (χ1n) is 5.45. The van der Waals surface area contributed by atoms with Gasteiger partial charge in [-0.15, -0.1) is 11.6 Å². The molecule has 0 atom stereocenters. The Labute approximate surface area is 110 Å². The summed E-state index contributed by atoms with van der Waals surface area (Å²) in [5.74, 6) is -0.0321. The Kier molecular flexibility index (Phi) is 3.95. The van der Waals surface area contributed by atoms with Crippen molar-refractivity contribution in [2.24, 2.45) is 0 Å². The minimum Gasteiger partial charge on any atom is -0.465 e. The van der Waals surface area contributed by atoms with Crippen molar-refractivity contribution in [3.8, 4) is 11.3 Å². The van der Waals surface area contributed by atoms with Gasteiger partial charge in [-0.05, 0) is 17.7 Å². The van der Waals surface area contributed by atoms with E-state index < -0.39 is 5.97 Å². The topological polar surface area (TPSA) is 39.2 Å². The molecule has 0 N–H and O–H groups in total. The molecule has 0 aliphatic heterocycles. The second-order valence-corrected chi connectivity index (χ2v) is 3.95. The number of ether oxygens (including phenoxy) is 1. The molecule has 0 saturated carbocycles. The van der Waals surface area contributed by atoms with Gasteiger partial charge < -0.3 is 4.74 Å². The fourth-order valence-electron chi connectivity index (χ4n) is 1.76. The van der Waals surface area contributed by atoms with E-state index >= 15 is 0 Å². The number of nitrogens with zero attached hydrogens (tertiary/aromatic N) is 1. The number of halogens is 1. The Bertz CT molecular complexity index is 569. The Balaban J connectivity index is 2.60. The Morgan fingerprint density at radius 1 is 1.28 bits per heavy atom. The molecule has 0 saturated heterocycles. The van der Waals surface area contributed by atoms with Crippen molar-refractivity contribution in [1.29, 1.82) is 0 Å². The van der Waals surface area contributed by atoms with Crippen LogP contribution >= 0.6 is 11.6 Å². The summed E-state index contributed by atoms with van der Waals surface area (Å²) in [5, 5.41) is 0. The highest BCUT2D eigenvalue weighted by molar-refractivity contribution is 6.17. The zero-order chi connectivity index (χ0) is 13.0. The lowest BCUT2D eigenvalue weighted by Crippen LogP contribution is -2.05. The van der Waals surface area contributed by atoms with Crippen LogP contribution in [0.15, 0.2) is 42.6 Å². The van der Waals surface area contributed by atoms with Crippen LogP contribution in [0.25, 0.3) is 11.3 Å². The SMILES string of the molecule is COC(=O)c1cccnc1-c1ccccc1CCl. The number of hydrogen-bond acceptors (Lipinski definition) is 3. The van der Waals surface area contributed by atoms with Gasteiger partial charge in [-0.3, -0.25) is 4.98 Å². The largest absolute Gasteiger partial charge is 0.465 e. The number of methoxy groups -OCH3 is 1. The minimum atomic E-state index is -0.400. The maximum atomic E-state index is 11.7. The first kappa shape index (κ1) is 12.6. The zero-order valence-corrected chi connectivity index (χ0v) is 10.6. The number of rotatable bonds is 3. The van der Waals surface area contributed by atoms with Gasteiger partial charge >= 0.3 is 5.97 Å². The van der Waals surface area contributed by atoms with E-state index in [0.29, 0.717) is 17.1 Å². The van der Waals surface area contributed by atoms with E-state index in [2.05, 4.69) is 4.98 Å². The smallest absolute Gasteiger partial charge is 0.340 e. The highest BCUT2D eigenvalue weighted by Gasteiger charge is 2.15. The van der Waals surface area contributed by atoms with Gasteiger partial charge in [0, 0.05) is 17.6 Å². The summed E-state index contributed by atoms with van der Waals surface area (Å²) >= 11 is 5.90. The molecule has 1 aromatic heterocycles. The Morgan fingerprint density at radius 2 is 2.06 bits per heavy atom. The van der Waals surface area contributed by atoms with Crippen molar-refractivity contribution in [3.63, 3.8) is 0 Å². The predicted octanol–water partition coefficient (Wildman–Crippen LogP) is 3.27. The summed E-state index contributed by atoms with van der Waals surface area (Å²) in [7, 11) is 1.35. The van der Waals surface area contributed by atoms with E-state index in [1.165, 1.54) is 7.11 Å². The predicted molar refractivity (Wildman–Crippen MR) is 70.6 cm³/mol. The van der Waals surface area contributed by atoms with E-state index in [4.69, 9.17) is 16.3 Å². The number of carbonyl (C=O) groups excluding carboxylic acids is 1. The first-order valence-corrected chi connectivity index (χ1v) is 5.99. The van der Waals surface area contributed by atoms with Gasteiger partial charge in [0.15, 0.2) is 0 Å². The Morgan fingerprint density at radius 3 is 2.78 bits per heavy atom. The van der Waals surface area contributed by atoms with E-state index in [1.807, 2.05) is 24.3 Å². The zero-order valence-electron chi connectivity index (χ0n) is 9.89. The molecule has 0 spiro atoms. The molecule has 0 amide bonds. The van der Waals surface area contributed by atoms with Crippen molar-refractivity contribution in [3.05, 3.63) is 53.7 Å². The lowest BCUT2D eigenvalue weighted by Gasteiger charge is -2.09. The van der Waals surface area contributed by atoms with Crippen LogP contribution in [0.4, 0.5) is 0 Å². The number of carbonyl (C=O) groups is 1. The fourth-order valence-corrected chi connectivity index (χ4v) is 2.00. The summed E-state index contributed by atoms with van der Waals surface area (Å²) < 4.78 is 4.76. The first-order chi connectivity index (χ1) is 8.77. The molecule has 18 heavy (non-hydrogen) atoms. The minimum absolute atomic E-state index is 0.368. The number of esters is 1. The summed E-state index contributed by atoms with van der Waals surface area (Å²) in [6, 6.07) is 11.0. The third-order valence-electron chi connectivity index (χ3n) is 2.63. The molecule has 0 aliphatic rings. The number of alkyl halides is 1. The molecule has 0 fully saturated rings. The highest BCUT2D eigenvalue weighted by atomic mass is 35.5. The molecule has 1 heterocycles. The Hall–Kier alpha value is -1.87. The summed E-state index contributed by atoms with van der Waals surface area (Å²) in [5.41, 5.74) is 2.83. The van der Waals surface area contributed by atoms with Gasteiger partial charge in [-0.2, -0.15) is 0 Å². The highest BCUT2D eigenvalue weighted by Crippen LogP contribution is 2.26. The second kappa shape index (κ2) is 5.65. The summed E-state index contributed by atoms with van der Waals surface area (Å²) in [6.45, 7) is 0. The maximum absolute atomic E-state index is 11.7. The van der Waals surface area contributed by atoms with Gasteiger partial charge in [0.05, 0.1) is 18.4 Å². The third-order valence-corrected chi connectivity index (χ3v) is 2.92. The van der Waals surface area contributed by atoms with Gasteiger partial charge in [-0.25, -0.2) is 4.79 Å². The van der Waals surface area contributed by atoms with Crippen LogP contribution in [-0.2, 0) is 10.6 Å². The molecule has 92 valence electrons. The number of hydrogen-bond donors (Lipinski definition) is 0. The van der Waals surface area contributed by atoms with Crippen LogP contribution in [0.5, 0.6) is 0 Å². The van der Waals surface area contributed by atoms with Gasteiger partial charge in [0.2, 0.25) is 0 Å². The summed E-state index contributed by atoms with van der Waals surface area (Å²) in [4.78, 5) is 16.0. The maximum Gasteiger partial charge on any atom is 0.340 e. The van der Waals surface area contributed by atoms with E-state index in [9.17, 15) is 4.79 Å². The fraction of sp³-hybridized carbons (Fsp3) is 0.143. The molecule has 0 bridgehead atoms. The third kappa shape index (κ3) is 2.36. The number of aromatic nitrogens is 1. The molecule has 4 heteroatoms. The van der Waals surface area contributed by atoms with Crippen molar-refractivity contribution >= 4 is 17.6 Å². The average molecular weight is 262 g/mol. The monoisotopic (exact) mass is 261 g/mol. The van der Waals surface area contributed by atoms with Gasteiger partial charge in [0.1, 0.15) is 0 Å². The standard InChI is InChI=1S/C14H12ClNO2/c1-18-14(17)12-7-4-8-16-13(12)11-6-3-2-5-10(11)9-15/h2-8H,9H2,1H3. The van der Waals surface area contributed by atoms with E-state index in [-0.39, 0.29) is 0 Å². The molecular weight excluding hydrogens is 250 g/mol. The average Bonchev–Trinajstić information content (AvgIpc) is 2.46. The van der Waals surface area contributed by atoms with Crippen LogP contribution in [0, 0.1) is 0 Å². The summed E-state index contributed by atoms with van der Waals surface area (Å²) in [6.07, 6.45) is 1.65.